The number of amides is 1. The maximum Gasteiger partial charge on any atom is 0.416 e. The minimum atomic E-state index is -4.49. The summed E-state index contributed by atoms with van der Waals surface area (Å²) in [6, 6.07) is 6.81. The molecule has 3 N–H and O–H groups in total. The van der Waals surface area contributed by atoms with Crippen LogP contribution in [0.2, 0.25) is 0 Å². The fourth-order valence-electron chi connectivity index (χ4n) is 2.04. The maximum atomic E-state index is 12.8. The van der Waals surface area contributed by atoms with Gasteiger partial charge in [0.2, 0.25) is 5.91 Å². The Morgan fingerprint density at radius 1 is 1.22 bits per heavy atom. The molecule has 1 amide bonds. The second kappa shape index (κ2) is 6.78. The van der Waals surface area contributed by atoms with Crippen molar-refractivity contribution in [1.29, 1.82) is 0 Å². The molecule has 7 heteroatoms. The fourth-order valence-corrected chi connectivity index (χ4v) is 2.04. The zero-order chi connectivity index (χ0) is 17.0. The van der Waals surface area contributed by atoms with Gasteiger partial charge in [-0.2, -0.15) is 13.2 Å². The smallest absolute Gasteiger partial charge is 0.326 e. The minimum absolute atomic E-state index is 0.0292. The third-order valence-electron chi connectivity index (χ3n) is 3.18. The Morgan fingerprint density at radius 3 is 2.52 bits per heavy atom. The summed E-state index contributed by atoms with van der Waals surface area (Å²) in [5, 5.41) is 2.47. The van der Waals surface area contributed by atoms with E-state index in [2.05, 4.69) is 10.3 Å². The van der Waals surface area contributed by atoms with Crippen LogP contribution in [-0.4, -0.2) is 10.9 Å². The average Bonchev–Trinajstić information content (AvgIpc) is 2.48. The Morgan fingerprint density at radius 2 is 1.96 bits per heavy atom. The molecule has 2 aromatic rings. The van der Waals surface area contributed by atoms with E-state index in [1.54, 1.807) is 18.3 Å². The first-order valence-corrected chi connectivity index (χ1v) is 6.90. The van der Waals surface area contributed by atoms with E-state index in [0.29, 0.717) is 11.1 Å². The lowest BCUT2D eigenvalue weighted by atomic mass is 10.1. The standard InChI is InChI=1S/C16H16F3N3O/c1-10-2-3-11(9-21-10)6-15(23)22-14-5-12(8-20)4-13(7-14)16(17,18)19/h2-5,7,9H,6,8,20H2,1H3,(H,22,23). The van der Waals surface area contributed by atoms with Gasteiger partial charge in [-0.15, -0.1) is 0 Å². The molecular formula is C16H16F3N3O. The number of halogens is 3. The van der Waals surface area contributed by atoms with Gasteiger partial charge in [-0.3, -0.25) is 9.78 Å². The van der Waals surface area contributed by atoms with Gasteiger partial charge < -0.3 is 11.1 Å². The Bertz CT molecular complexity index is 697. The van der Waals surface area contributed by atoms with Crippen molar-refractivity contribution >= 4 is 11.6 Å². The summed E-state index contributed by atoms with van der Waals surface area (Å²) in [7, 11) is 0. The Balaban J connectivity index is 2.15. The number of rotatable bonds is 4. The molecule has 1 aromatic carbocycles. The summed E-state index contributed by atoms with van der Waals surface area (Å²) in [4.78, 5) is 16.0. The average molecular weight is 323 g/mol. The number of nitrogens with zero attached hydrogens (tertiary/aromatic N) is 1. The van der Waals surface area contributed by atoms with Crippen molar-refractivity contribution in [3.8, 4) is 0 Å². The molecule has 0 saturated carbocycles. The van der Waals surface area contributed by atoms with E-state index in [9.17, 15) is 18.0 Å². The van der Waals surface area contributed by atoms with Crippen LogP contribution in [0, 0.1) is 6.92 Å². The Hall–Kier alpha value is -2.41. The number of benzene rings is 1. The van der Waals surface area contributed by atoms with Crippen molar-refractivity contribution in [3.63, 3.8) is 0 Å². The Labute approximate surface area is 131 Å². The van der Waals surface area contributed by atoms with Crippen molar-refractivity contribution in [2.45, 2.75) is 26.1 Å². The van der Waals surface area contributed by atoms with Crippen LogP contribution in [0.3, 0.4) is 0 Å². The SMILES string of the molecule is Cc1ccc(CC(=O)Nc2cc(CN)cc(C(F)(F)F)c2)cn1. The third-order valence-corrected chi connectivity index (χ3v) is 3.18. The van der Waals surface area contributed by atoms with Crippen molar-refractivity contribution in [2.75, 3.05) is 5.32 Å². The van der Waals surface area contributed by atoms with E-state index < -0.39 is 17.6 Å². The van der Waals surface area contributed by atoms with Crippen LogP contribution in [0.1, 0.15) is 22.4 Å². The van der Waals surface area contributed by atoms with Crippen molar-refractivity contribution in [1.82, 2.24) is 4.98 Å². The number of nitrogens with two attached hydrogens (primary N) is 1. The van der Waals surface area contributed by atoms with Crippen LogP contribution in [0.25, 0.3) is 0 Å². The highest BCUT2D eigenvalue weighted by molar-refractivity contribution is 5.92. The maximum absolute atomic E-state index is 12.8. The molecule has 4 nitrogen and oxygen atoms in total. The van der Waals surface area contributed by atoms with Gasteiger partial charge in [-0.1, -0.05) is 6.07 Å². The number of aryl methyl sites for hydroxylation is 1. The van der Waals surface area contributed by atoms with Gasteiger partial charge in [0.1, 0.15) is 0 Å². The zero-order valence-corrected chi connectivity index (χ0v) is 12.4. The highest BCUT2D eigenvalue weighted by Gasteiger charge is 2.31. The first kappa shape index (κ1) is 17.0. The fraction of sp³-hybridized carbons (Fsp3) is 0.250. The van der Waals surface area contributed by atoms with Gasteiger partial charge in [0.15, 0.2) is 0 Å². The molecular weight excluding hydrogens is 307 g/mol. The number of carbonyl (C=O) groups is 1. The van der Waals surface area contributed by atoms with E-state index in [4.69, 9.17) is 5.73 Å². The zero-order valence-electron chi connectivity index (χ0n) is 12.4. The van der Waals surface area contributed by atoms with Crippen LogP contribution in [0.4, 0.5) is 18.9 Å². The summed E-state index contributed by atoms with van der Waals surface area (Å²) in [6.07, 6.45) is -2.90. The molecule has 0 spiro atoms. The van der Waals surface area contributed by atoms with Crippen LogP contribution < -0.4 is 11.1 Å². The van der Waals surface area contributed by atoms with Crippen LogP contribution in [-0.2, 0) is 23.9 Å². The second-order valence-corrected chi connectivity index (χ2v) is 5.15. The van der Waals surface area contributed by atoms with E-state index >= 15 is 0 Å². The molecule has 23 heavy (non-hydrogen) atoms. The summed E-state index contributed by atoms with van der Waals surface area (Å²) in [5.74, 6) is -0.419. The summed E-state index contributed by atoms with van der Waals surface area (Å²) in [5.41, 5.74) is 6.44. The van der Waals surface area contributed by atoms with Crippen molar-refractivity contribution < 1.29 is 18.0 Å². The summed E-state index contributed by atoms with van der Waals surface area (Å²) < 4.78 is 38.5. The lowest BCUT2D eigenvalue weighted by molar-refractivity contribution is -0.137. The second-order valence-electron chi connectivity index (χ2n) is 5.15. The predicted molar refractivity (Wildman–Crippen MR) is 80.6 cm³/mol. The molecule has 0 bridgehead atoms. The number of nitrogens with one attached hydrogen (secondary N) is 1. The largest absolute Gasteiger partial charge is 0.416 e. The minimum Gasteiger partial charge on any atom is -0.326 e. The summed E-state index contributed by atoms with van der Waals surface area (Å²) >= 11 is 0. The number of alkyl halides is 3. The van der Waals surface area contributed by atoms with Crippen molar-refractivity contribution in [2.24, 2.45) is 5.73 Å². The van der Waals surface area contributed by atoms with E-state index in [-0.39, 0.29) is 18.7 Å². The number of carbonyl (C=O) groups excluding carboxylic acids is 1. The molecule has 2 rings (SSSR count). The number of anilines is 1. The molecule has 0 aliphatic heterocycles. The van der Waals surface area contributed by atoms with E-state index in [1.807, 2.05) is 6.92 Å². The molecule has 0 unspecified atom stereocenters. The quantitative estimate of drug-likeness (QED) is 0.909. The first-order valence-electron chi connectivity index (χ1n) is 6.90. The van der Waals surface area contributed by atoms with Gasteiger partial charge in [0.25, 0.3) is 0 Å². The van der Waals surface area contributed by atoms with Gasteiger partial charge in [-0.05, 0) is 42.3 Å². The van der Waals surface area contributed by atoms with Gasteiger partial charge >= 0.3 is 6.18 Å². The Kier molecular flexibility index (Phi) is 5.00. The molecule has 0 aliphatic rings. The molecule has 122 valence electrons. The lowest BCUT2D eigenvalue weighted by Gasteiger charge is -2.12. The number of hydrogen-bond donors (Lipinski definition) is 2. The topological polar surface area (TPSA) is 68.0 Å². The van der Waals surface area contributed by atoms with Gasteiger partial charge in [0, 0.05) is 24.1 Å². The number of hydrogen-bond acceptors (Lipinski definition) is 3. The normalized spacial score (nSPS) is 11.3. The summed E-state index contributed by atoms with van der Waals surface area (Å²) in [6.45, 7) is 1.77. The van der Waals surface area contributed by atoms with Crippen LogP contribution >= 0.6 is 0 Å². The molecule has 0 saturated heterocycles. The predicted octanol–water partition coefficient (Wildman–Crippen LogP) is 3.05. The van der Waals surface area contributed by atoms with Crippen LogP contribution in [0.5, 0.6) is 0 Å². The molecule has 0 aliphatic carbocycles. The van der Waals surface area contributed by atoms with Crippen molar-refractivity contribution in [3.05, 3.63) is 58.9 Å². The molecule has 0 atom stereocenters. The monoisotopic (exact) mass is 323 g/mol. The molecule has 0 fully saturated rings. The van der Waals surface area contributed by atoms with Crippen LogP contribution in [0.15, 0.2) is 36.5 Å². The van der Waals surface area contributed by atoms with Gasteiger partial charge in [-0.25, -0.2) is 0 Å². The number of pyridine rings is 1. The lowest BCUT2D eigenvalue weighted by Crippen LogP contribution is -2.16. The first-order chi connectivity index (χ1) is 10.8. The van der Waals surface area contributed by atoms with Gasteiger partial charge in [0.05, 0.1) is 12.0 Å². The van der Waals surface area contributed by atoms with E-state index in [0.717, 1.165) is 17.8 Å². The number of aromatic nitrogens is 1. The molecule has 0 radical (unpaired) electrons. The van der Waals surface area contributed by atoms with E-state index in [1.165, 1.54) is 6.07 Å². The molecule has 1 heterocycles. The highest BCUT2D eigenvalue weighted by Crippen LogP contribution is 2.32. The third kappa shape index (κ3) is 4.79. The highest BCUT2D eigenvalue weighted by atomic mass is 19.4. The molecule has 1 aromatic heterocycles.